The molecule has 0 radical (unpaired) electrons. The summed E-state index contributed by atoms with van der Waals surface area (Å²) in [5.74, 6) is 0.642. The number of H-pyrrole nitrogens is 1. The van der Waals surface area contributed by atoms with Crippen LogP contribution in [0.4, 0.5) is 0 Å². The molecule has 0 atom stereocenters. The Morgan fingerprint density at radius 1 is 0.667 bits per heavy atom. The number of fused-ring (bicyclic) bond motifs is 2. The molecule has 0 unspecified atom stereocenters. The van der Waals surface area contributed by atoms with E-state index in [1.54, 1.807) is 12.4 Å². The number of aromatic amines is 1. The quantitative estimate of drug-likeness (QED) is 0.270. The predicted molar refractivity (Wildman–Crippen MR) is 153 cm³/mol. The molecule has 0 aliphatic carbocycles. The van der Waals surface area contributed by atoms with E-state index in [-0.39, 0.29) is 0 Å². The van der Waals surface area contributed by atoms with Crippen molar-refractivity contribution < 1.29 is 4.42 Å². The van der Waals surface area contributed by atoms with Crippen LogP contribution < -0.4 is 0 Å². The lowest BCUT2D eigenvalue weighted by atomic mass is 10.0. The maximum Gasteiger partial charge on any atom is 0.227 e. The van der Waals surface area contributed by atoms with Crippen molar-refractivity contribution in [1.29, 1.82) is 0 Å². The zero-order valence-electron chi connectivity index (χ0n) is 22.0. The zero-order chi connectivity index (χ0) is 25.9. The Balaban J connectivity index is 0.000000177. The molecule has 0 amide bonds. The van der Waals surface area contributed by atoms with Gasteiger partial charge < -0.3 is 9.40 Å². The molecule has 3 aromatic heterocycles. The van der Waals surface area contributed by atoms with Crippen LogP contribution in [-0.2, 0) is 0 Å². The number of aromatic nitrogens is 3. The van der Waals surface area contributed by atoms with Crippen molar-refractivity contribution in [2.75, 3.05) is 0 Å². The second-order valence-electron chi connectivity index (χ2n) is 7.87. The molecule has 4 nitrogen and oxygen atoms in total. The maximum atomic E-state index is 5.64. The van der Waals surface area contributed by atoms with Gasteiger partial charge in [-0.05, 0) is 54.6 Å². The van der Waals surface area contributed by atoms with Gasteiger partial charge >= 0.3 is 0 Å². The molecule has 3 heterocycles. The van der Waals surface area contributed by atoms with Crippen molar-refractivity contribution >= 4 is 22.0 Å². The molecule has 184 valence electrons. The molecule has 1 N–H and O–H groups in total. The van der Waals surface area contributed by atoms with Gasteiger partial charge in [-0.3, -0.25) is 4.98 Å². The molecule has 4 heteroatoms. The Morgan fingerprint density at radius 2 is 1.28 bits per heavy atom. The van der Waals surface area contributed by atoms with Crippen LogP contribution in [0.1, 0.15) is 38.8 Å². The van der Waals surface area contributed by atoms with E-state index < -0.39 is 0 Å². The third-order valence-corrected chi connectivity index (χ3v) is 5.43. The van der Waals surface area contributed by atoms with Crippen LogP contribution in [0, 0.1) is 13.8 Å². The Morgan fingerprint density at radius 3 is 1.92 bits per heavy atom. The van der Waals surface area contributed by atoms with Crippen molar-refractivity contribution in [1.82, 2.24) is 15.0 Å². The molecule has 0 aliphatic heterocycles. The van der Waals surface area contributed by atoms with Crippen molar-refractivity contribution in [3.8, 4) is 22.6 Å². The number of rotatable bonds is 2. The lowest BCUT2D eigenvalue weighted by Crippen LogP contribution is -1.78. The Labute approximate surface area is 214 Å². The van der Waals surface area contributed by atoms with Gasteiger partial charge in [0.1, 0.15) is 5.52 Å². The normalized spacial score (nSPS) is 9.94. The van der Waals surface area contributed by atoms with Gasteiger partial charge in [-0.15, -0.1) is 0 Å². The summed E-state index contributed by atoms with van der Waals surface area (Å²) in [5.41, 5.74) is 8.78. The van der Waals surface area contributed by atoms with Gasteiger partial charge in [0, 0.05) is 29.5 Å². The van der Waals surface area contributed by atoms with E-state index in [1.165, 1.54) is 33.2 Å². The summed E-state index contributed by atoms with van der Waals surface area (Å²) in [6, 6.07) is 27.2. The third kappa shape index (κ3) is 6.48. The smallest absolute Gasteiger partial charge is 0.227 e. The summed E-state index contributed by atoms with van der Waals surface area (Å²) in [5, 5.41) is 1.26. The van der Waals surface area contributed by atoms with Crippen LogP contribution in [0.15, 0.2) is 102 Å². The number of nitrogens with zero attached hydrogens (tertiary/aromatic N) is 2. The van der Waals surface area contributed by atoms with Crippen molar-refractivity contribution in [3.05, 3.63) is 109 Å². The molecular formula is C32H35N3O. The highest BCUT2D eigenvalue weighted by molar-refractivity contribution is 5.84. The van der Waals surface area contributed by atoms with Gasteiger partial charge in [-0.25, -0.2) is 4.98 Å². The van der Waals surface area contributed by atoms with Crippen LogP contribution >= 0.6 is 0 Å². The van der Waals surface area contributed by atoms with E-state index in [1.807, 2.05) is 64.2 Å². The fraction of sp³-hybridized carbons (Fsp3) is 0.188. The minimum Gasteiger partial charge on any atom is -0.436 e. The van der Waals surface area contributed by atoms with Crippen LogP contribution in [0.25, 0.3) is 44.6 Å². The zero-order valence-corrected chi connectivity index (χ0v) is 22.0. The van der Waals surface area contributed by atoms with Gasteiger partial charge in [0.25, 0.3) is 0 Å². The molecule has 0 saturated carbocycles. The molecule has 0 bridgehead atoms. The molecule has 6 rings (SSSR count). The minimum absolute atomic E-state index is 0.642. The summed E-state index contributed by atoms with van der Waals surface area (Å²) in [4.78, 5) is 11.6. The number of oxazole rings is 1. The molecule has 36 heavy (non-hydrogen) atoms. The lowest BCUT2D eigenvalue weighted by molar-refractivity contribution is 0.619. The van der Waals surface area contributed by atoms with Crippen LogP contribution in [-0.4, -0.2) is 15.0 Å². The molecule has 0 saturated heterocycles. The van der Waals surface area contributed by atoms with E-state index in [0.717, 1.165) is 16.7 Å². The molecule has 0 aliphatic rings. The number of hydrogen-bond donors (Lipinski definition) is 1. The second kappa shape index (κ2) is 13.1. The monoisotopic (exact) mass is 477 g/mol. The first-order valence-electron chi connectivity index (χ1n) is 12.6. The molecular weight excluding hydrogens is 442 g/mol. The summed E-state index contributed by atoms with van der Waals surface area (Å²) in [6.07, 6.45) is 5.38. The van der Waals surface area contributed by atoms with Gasteiger partial charge in [0.2, 0.25) is 5.89 Å². The Bertz CT molecular complexity index is 1400. The first-order valence-corrected chi connectivity index (χ1v) is 12.6. The first-order chi connectivity index (χ1) is 17.7. The SMILES string of the molecule is CC.CC.Cc1ccc(-c2ccc3cc[nH]c3c2)cc1.Cc1ccc(-c2nc3cnccc3o2)cc1. The Kier molecular flexibility index (Phi) is 9.58. The maximum absolute atomic E-state index is 5.64. The molecule has 0 spiro atoms. The summed E-state index contributed by atoms with van der Waals surface area (Å²) in [6.45, 7) is 12.2. The van der Waals surface area contributed by atoms with E-state index in [4.69, 9.17) is 4.42 Å². The summed E-state index contributed by atoms with van der Waals surface area (Å²) in [7, 11) is 0. The topological polar surface area (TPSA) is 54.7 Å². The fourth-order valence-corrected chi connectivity index (χ4v) is 3.57. The van der Waals surface area contributed by atoms with Crippen molar-refractivity contribution in [2.24, 2.45) is 0 Å². The van der Waals surface area contributed by atoms with Crippen LogP contribution in [0.3, 0.4) is 0 Å². The largest absolute Gasteiger partial charge is 0.436 e. The van der Waals surface area contributed by atoms with E-state index in [9.17, 15) is 0 Å². The fourth-order valence-electron chi connectivity index (χ4n) is 3.57. The van der Waals surface area contributed by atoms with Gasteiger partial charge in [0.05, 0.1) is 6.20 Å². The van der Waals surface area contributed by atoms with E-state index in [0.29, 0.717) is 5.89 Å². The standard InChI is InChI=1S/C15H13N.C13H10N2O.2C2H6/c1-11-2-4-12(5-3-11)14-7-6-13-8-9-16-15(13)10-14;1-9-2-4-10(5-3-9)13-15-11-8-14-7-6-12(11)16-13;2*1-2/h2-10,16H,1H3;2-8H,1H3;2*1-2H3. The number of hydrogen-bond acceptors (Lipinski definition) is 3. The van der Waals surface area contributed by atoms with Crippen LogP contribution in [0.5, 0.6) is 0 Å². The van der Waals surface area contributed by atoms with E-state index >= 15 is 0 Å². The number of pyridine rings is 1. The lowest BCUT2D eigenvalue weighted by Gasteiger charge is -2.02. The highest BCUT2D eigenvalue weighted by Crippen LogP contribution is 2.24. The highest BCUT2D eigenvalue weighted by atomic mass is 16.3. The Hall–Kier alpha value is -4.18. The molecule has 0 fully saturated rings. The predicted octanol–water partition coefficient (Wildman–Crippen LogP) is 9.39. The third-order valence-electron chi connectivity index (χ3n) is 5.43. The second-order valence-corrected chi connectivity index (χ2v) is 7.87. The average Bonchev–Trinajstić information content (AvgIpc) is 3.59. The summed E-state index contributed by atoms with van der Waals surface area (Å²) < 4.78 is 5.64. The van der Waals surface area contributed by atoms with Gasteiger partial charge in [-0.1, -0.05) is 87.4 Å². The van der Waals surface area contributed by atoms with Crippen molar-refractivity contribution in [3.63, 3.8) is 0 Å². The number of aryl methyl sites for hydroxylation is 2. The van der Waals surface area contributed by atoms with Crippen molar-refractivity contribution in [2.45, 2.75) is 41.5 Å². The van der Waals surface area contributed by atoms with Crippen LogP contribution in [0.2, 0.25) is 0 Å². The molecule has 6 aromatic rings. The first kappa shape index (κ1) is 26.4. The minimum atomic E-state index is 0.642. The molecule has 3 aromatic carbocycles. The van der Waals surface area contributed by atoms with E-state index in [2.05, 4.69) is 77.3 Å². The number of benzene rings is 3. The number of nitrogens with one attached hydrogen (secondary N) is 1. The highest BCUT2D eigenvalue weighted by Gasteiger charge is 2.07. The van der Waals surface area contributed by atoms with Gasteiger partial charge in [-0.2, -0.15) is 0 Å². The van der Waals surface area contributed by atoms with Gasteiger partial charge in [0.15, 0.2) is 5.58 Å². The summed E-state index contributed by atoms with van der Waals surface area (Å²) >= 11 is 0. The average molecular weight is 478 g/mol.